The third-order valence-corrected chi connectivity index (χ3v) is 6.87. The van der Waals surface area contributed by atoms with Gasteiger partial charge in [0.15, 0.2) is 0 Å². The van der Waals surface area contributed by atoms with E-state index >= 15 is 0 Å². The lowest BCUT2D eigenvalue weighted by Gasteiger charge is -2.21. The Balaban J connectivity index is 1.45. The maximum Gasteiger partial charge on any atom is 0.337 e. The number of ether oxygens (including phenoxy) is 3. The Kier molecular flexibility index (Phi) is 7.18. The Labute approximate surface area is 220 Å². The Hall–Kier alpha value is -4.52. The summed E-state index contributed by atoms with van der Waals surface area (Å²) in [7, 11) is 3.04. The van der Waals surface area contributed by atoms with E-state index in [1.807, 2.05) is 24.3 Å². The molecule has 0 saturated carbocycles. The number of allylic oxidation sites excluding steroid dienone is 1. The van der Waals surface area contributed by atoms with Crippen molar-refractivity contribution in [1.82, 2.24) is 4.98 Å². The van der Waals surface area contributed by atoms with Crippen molar-refractivity contribution in [3.05, 3.63) is 100 Å². The van der Waals surface area contributed by atoms with Gasteiger partial charge in [0.2, 0.25) is 0 Å². The number of carbonyl (C=O) groups excluding carboxylic acids is 1. The molecule has 1 aliphatic rings. The Morgan fingerprint density at radius 3 is 2.63 bits per heavy atom. The Morgan fingerprint density at radius 1 is 1.00 bits per heavy atom. The van der Waals surface area contributed by atoms with Crippen molar-refractivity contribution in [2.75, 3.05) is 20.8 Å². The monoisotopic (exact) mass is 511 g/mol. The van der Waals surface area contributed by atoms with Crippen LogP contribution in [0.15, 0.2) is 66.7 Å². The smallest absolute Gasteiger partial charge is 0.337 e. The normalized spacial score (nSPS) is 12.5. The van der Waals surface area contributed by atoms with Crippen LogP contribution in [-0.2, 0) is 17.6 Å². The summed E-state index contributed by atoms with van der Waals surface area (Å²) in [6.45, 7) is 0.448. The number of hydrogen-bond donors (Lipinski definition) is 2. The number of benzene rings is 3. The molecule has 5 rings (SSSR count). The number of aryl methyl sites for hydroxylation is 1. The maximum absolute atomic E-state index is 11.8. The second-order valence-corrected chi connectivity index (χ2v) is 9.16. The minimum Gasteiger partial charge on any atom is -0.496 e. The maximum atomic E-state index is 11.8. The summed E-state index contributed by atoms with van der Waals surface area (Å²) in [5, 5.41) is 10.5. The number of nitrogens with one attached hydrogen (secondary N) is 1. The van der Waals surface area contributed by atoms with Crippen LogP contribution < -0.4 is 9.47 Å². The van der Waals surface area contributed by atoms with E-state index in [0.717, 1.165) is 51.9 Å². The number of carbonyl (C=O) groups is 2. The average Bonchev–Trinajstić information content (AvgIpc) is 3.31. The predicted octanol–water partition coefficient (Wildman–Crippen LogP) is 6.05. The largest absolute Gasteiger partial charge is 0.496 e. The van der Waals surface area contributed by atoms with Crippen LogP contribution in [0, 0.1) is 0 Å². The first-order valence-electron chi connectivity index (χ1n) is 12.6. The number of methoxy groups -OCH3 is 2. The lowest BCUT2D eigenvalue weighted by Crippen LogP contribution is -2.06. The van der Waals surface area contributed by atoms with Crippen molar-refractivity contribution in [2.45, 2.75) is 25.7 Å². The van der Waals surface area contributed by atoms with Crippen LogP contribution in [0.2, 0.25) is 0 Å². The molecule has 0 atom stereocenters. The summed E-state index contributed by atoms with van der Waals surface area (Å²) in [4.78, 5) is 26.9. The van der Waals surface area contributed by atoms with Gasteiger partial charge >= 0.3 is 11.9 Å². The lowest BCUT2D eigenvalue weighted by atomic mass is 9.84. The minimum atomic E-state index is -0.959. The Morgan fingerprint density at radius 2 is 1.84 bits per heavy atom. The van der Waals surface area contributed by atoms with E-state index in [4.69, 9.17) is 14.2 Å². The van der Waals surface area contributed by atoms with Crippen LogP contribution in [0.3, 0.4) is 0 Å². The molecule has 0 aliphatic heterocycles. The number of aromatic amines is 1. The fourth-order valence-corrected chi connectivity index (χ4v) is 5.13. The third-order valence-electron chi connectivity index (χ3n) is 6.87. The highest BCUT2D eigenvalue weighted by Gasteiger charge is 2.23. The van der Waals surface area contributed by atoms with Crippen molar-refractivity contribution in [3.8, 4) is 11.5 Å². The summed E-state index contributed by atoms with van der Waals surface area (Å²) in [5.41, 5.74) is 7.02. The first-order valence-corrected chi connectivity index (χ1v) is 12.6. The molecule has 38 heavy (non-hydrogen) atoms. The quantitative estimate of drug-likeness (QED) is 0.210. The van der Waals surface area contributed by atoms with Crippen molar-refractivity contribution in [3.63, 3.8) is 0 Å². The zero-order valence-corrected chi connectivity index (χ0v) is 21.4. The number of carboxylic acid groups (broad SMARTS) is 1. The van der Waals surface area contributed by atoms with E-state index in [9.17, 15) is 14.7 Å². The van der Waals surface area contributed by atoms with Crippen molar-refractivity contribution >= 4 is 28.4 Å². The molecule has 1 heterocycles. The molecule has 0 bridgehead atoms. The SMILES string of the molecule is COC(=O)c1cccc(OCCCc2[nH]c3cc(C(=O)O)ccc3c2C2=CCCc3c(OC)cccc32)c1. The molecule has 4 aromatic rings. The lowest BCUT2D eigenvalue weighted by molar-refractivity contribution is 0.0599. The summed E-state index contributed by atoms with van der Waals surface area (Å²) in [6, 6.07) is 18.3. The summed E-state index contributed by atoms with van der Waals surface area (Å²) < 4.78 is 16.4. The molecule has 194 valence electrons. The fourth-order valence-electron chi connectivity index (χ4n) is 5.13. The minimum absolute atomic E-state index is 0.241. The van der Waals surface area contributed by atoms with Crippen LogP contribution in [0.4, 0.5) is 0 Å². The van der Waals surface area contributed by atoms with Crippen molar-refractivity contribution < 1.29 is 28.9 Å². The van der Waals surface area contributed by atoms with Crippen LogP contribution in [-0.4, -0.2) is 42.9 Å². The van der Waals surface area contributed by atoms with E-state index in [0.29, 0.717) is 30.8 Å². The van der Waals surface area contributed by atoms with E-state index in [1.165, 1.54) is 12.7 Å². The van der Waals surface area contributed by atoms with Gasteiger partial charge < -0.3 is 24.3 Å². The molecule has 0 saturated heterocycles. The molecular formula is C31H29NO6. The molecule has 0 amide bonds. The molecule has 0 unspecified atom stereocenters. The third kappa shape index (κ3) is 4.87. The molecule has 0 spiro atoms. The molecule has 1 aromatic heterocycles. The van der Waals surface area contributed by atoms with Gasteiger partial charge in [-0.25, -0.2) is 9.59 Å². The van der Waals surface area contributed by atoms with Crippen molar-refractivity contribution in [1.29, 1.82) is 0 Å². The number of fused-ring (bicyclic) bond motifs is 2. The van der Waals surface area contributed by atoms with E-state index < -0.39 is 11.9 Å². The van der Waals surface area contributed by atoms with Gasteiger partial charge in [-0.05, 0) is 73.2 Å². The molecule has 2 N–H and O–H groups in total. The highest BCUT2D eigenvalue weighted by molar-refractivity contribution is 6.02. The predicted molar refractivity (Wildman–Crippen MR) is 145 cm³/mol. The molecule has 0 radical (unpaired) electrons. The van der Waals surface area contributed by atoms with Crippen molar-refractivity contribution in [2.24, 2.45) is 0 Å². The van der Waals surface area contributed by atoms with Crippen LogP contribution in [0.5, 0.6) is 11.5 Å². The van der Waals surface area contributed by atoms with Gasteiger partial charge in [0, 0.05) is 27.7 Å². The number of rotatable bonds is 9. The molecule has 0 fully saturated rings. The van der Waals surface area contributed by atoms with E-state index in [-0.39, 0.29) is 5.56 Å². The van der Waals surface area contributed by atoms with E-state index in [2.05, 4.69) is 17.1 Å². The fraction of sp³-hybridized carbons (Fsp3) is 0.226. The second-order valence-electron chi connectivity index (χ2n) is 9.16. The molecule has 7 nitrogen and oxygen atoms in total. The number of hydrogen-bond acceptors (Lipinski definition) is 5. The number of carboxylic acids is 1. The van der Waals surface area contributed by atoms with Gasteiger partial charge in [-0.15, -0.1) is 0 Å². The zero-order chi connectivity index (χ0) is 26.6. The molecule has 1 aliphatic carbocycles. The van der Waals surface area contributed by atoms with Gasteiger partial charge in [-0.1, -0.05) is 30.3 Å². The number of aromatic nitrogens is 1. The van der Waals surface area contributed by atoms with Crippen LogP contribution >= 0.6 is 0 Å². The van der Waals surface area contributed by atoms with Gasteiger partial charge in [0.25, 0.3) is 0 Å². The topological polar surface area (TPSA) is 97.9 Å². The number of H-pyrrole nitrogens is 1. The summed E-state index contributed by atoms with van der Waals surface area (Å²) >= 11 is 0. The Bertz CT molecular complexity index is 1550. The zero-order valence-electron chi connectivity index (χ0n) is 21.4. The van der Waals surface area contributed by atoms with Crippen LogP contribution in [0.25, 0.3) is 16.5 Å². The van der Waals surface area contributed by atoms with Gasteiger partial charge in [-0.2, -0.15) is 0 Å². The molecule has 3 aromatic carbocycles. The van der Waals surface area contributed by atoms with E-state index in [1.54, 1.807) is 37.4 Å². The first kappa shape index (κ1) is 25.1. The second kappa shape index (κ2) is 10.8. The number of aromatic carboxylic acids is 1. The standard InChI is InChI=1S/C31H29NO6/c1-36-28-13-5-9-22-23(28)10-4-11-24(22)29-25-15-14-19(30(33)34)18-27(25)32-26(29)12-6-16-38-21-8-3-7-20(17-21)31(35)37-2/h3,5,7-9,11,13-15,17-18,32H,4,6,10,12,16H2,1-2H3,(H,33,34). The molecular weight excluding hydrogens is 482 g/mol. The highest BCUT2D eigenvalue weighted by Crippen LogP contribution is 2.41. The van der Waals surface area contributed by atoms with Crippen LogP contribution in [0.1, 0.15) is 55.9 Å². The first-order chi connectivity index (χ1) is 18.5. The number of esters is 1. The van der Waals surface area contributed by atoms with Gasteiger partial charge in [-0.3, -0.25) is 0 Å². The van der Waals surface area contributed by atoms with Gasteiger partial charge in [0.05, 0.1) is 32.0 Å². The highest BCUT2D eigenvalue weighted by atomic mass is 16.5. The van der Waals surface area contributed by atoms with Gasteiger partial charge in [0.1, 0.15) is 11.5 Å². The molecule has 7 heteroatoms. The summed E-state index contributed by atoms with van der Waals surface area (Å²) in [6.07, 6.45) is 5.46. The average molecular weight is 512 g/mol. The summed E-state index contributed by atoms with van der Waals surface area (Å²) in [5.74, 6) is 0.118.